The van der Waals surface area contributed by atoms with Crippen LogP contribution in [-0.2, 0) is 19.1 Å². The summed E-state index contributed by atoms with van der Waals surface area (Å²) < 4.78 is 7.18. The van der Waals surface area contributed by atoms with Gasteiger partial charge in [-0.25, -0.2) is 0 Å². The van der Waals surface area contributed by atoms with Crippen molar-refractivity contribution in [3.05, 3.63) is 11.6 Å². The maximum absolute atomic E-state index is 13.2. The molecule has 3 fully saturated rings. The lowest BCUT2D eigenvalue weighted by Gasteiger charge is -2.58. The highest BCUT2D eigenvalue weighted by atomic mass is 16.5. The predicted molar refractivity (Wildman–Crippen MR) is 242 cm³/mol. The van der Waals surface area contributed by atoms with Gasteiger partial charge in [-0.05, 0) is 112 Å². The van der Waals surface area contributed by atoms with Gasteiger partial charge in [-0.2, -0.15) is 0 Å². The molecule has 58 heavy (non-hydrogen) atoms. The highest BCUT2D eigenvalue weighted by Crippen LogP contribution is 2.67. The van der Waals surface area contributed by atoms with Gasteiger partial charge in [0.25, 0.3) is 0 Å². The van der Waals surface area contributed by atoms with Crippen LogP contribution in [-0.4, -0.2) is 61.5 Å². The third kappa shape index (κ3) is 14.7. The summed E-state index contributed by atoms with van der Waals surface area (Å²) in [6.07, 6.45) is 38.2. The van der Waals surface area contributed by atoms with E-state index < -0.39 is 0 Å². The van der Waals surface area contributed by atoms with Crippen LogP contribution in [0.1, 0.15) is 227 Å². The Morgan fingerprint density at radius 2 is 1.26 bits per heavy atom. The predicted octanol–water partition coefficient (Wildman–Crippen LogP) is 13.3. The number of carbonyl (C=O) groups excluding carboxylic acids is 3. The second kappa shape index (κ2) is 25.3. The number of rotatable bonds is 30. The topological polar surface area (TPSA) is 72.5 Å². The largest absolute Gasteiger partial charge is 0.462 e. The van der Waals surface area contributed by atoms with E-state index in [4.69, 9.17) is 4.74 Å². The van der Waals surface area contributed by atoms with Gasteiger partial charge in [0.05, 0.1) is 39.6 Å². The molecule has 4 aliphatic carbocycles. The molecule has 334 valence electrons. The lowest BCUT2D eigenvalue weighted by atomic mass is 9.46. The molecule has 0 aliphatic heterocycles. The van der Waals surface area contributed by atoms with E-state index in [2.05, 4.69) is 47.0 Å². The summed E-state index contributed by atoms with van der Waals surface area (Å²) in [5.74, 6) is 2.49. The Morgan fingerprint density at radius 3 is 1.83 bits per heavy atom. The van der Waals surface area contributed by atoms with E-state index in [9.17, 15) is 14.4 Å². The molecule has 3 saturated carbocycles. The van der Waals surface area contributed by atoms with E-state index in [-0.39, 0.29) is 41.7 Å². The molecule has 0 aromatic heterocycles. The third-order valence-corrected chi connectivity index (χ3v) is 16.6. The molecular weight excluding hydrogens is 717 g/mol. The Kier molecular flexibility index (Phi) is 21.4. The Bertz CT molecular complexity index is 1240. The molecule has 4 aliphatic rings. The molecule has 4 rings (SSSR count). The first-order chi connectivity index (χ1) is 28.0. The van der Waals surface area contributed by atoms with Crippen LogP contribution in [0.4, 0.5) is 0 Å². The van der Waals surface area contributed by atoms with Crippen LogP contribution in [0.2, 0.25) is 0 Å². The number of nitrogens with one attached hydrogen (secondary N) is 1. The highest BCUT2D eigenvalue weighted by Gasteiger charge is 2.60. The molecule has 1 N–H and O–H groups in total. The van der Waals surface area contributed by atoms with E-state index in [1.165, 1.54) is 173 Å². The van der Waals surface area contributed by atoms with Crippen molar-refractivity contribution in [1.82, 2.24) is 5.32 Å². The zero-order chi connectivity index (χ0) is 41.9. The second-order valence-electron chi connectivity index (χ2n) is 20.9. The molecule has 4 unspecified atom stereocenters. The number of carbonyl (C=O) groups is 3. The van der Waals surface area contributed by atoms with Crippen LogP contribution in [0.5, 0.6) is 0 Å². The number of fused-ring (bicyclic) bond motifs is 5. The summed E-state index contributed by atoms with van der Waals surface area (Å²) >= 11 is 0. The van der Waals surface area contributed by atoms with E-state index in [0.29, 0.717) is 42.4 Å². The Hall–Kier alpha value is -1.69. The van der Waals surface area contributed by atoms with Crippen molar-refractivity contribution in [2.24, 2.45) is 34.5 Å². The van der Waals surface area contributed by atoms with Crippen molar-refractivity contribution >= 4 is 17.7 Å². The first kappa shape index (κ1) is 49.0. The quantitative estimate of drug-likeness (QED) is 0.0446. The molecule has 0 saturated heterocycles. The van der Waals surface area contributed by atoms with Crippen molar-refractivity contribution < 1.29 is 23.6 Å². The number of hydrogen-bond donors (Lipinski definition) is 1. The van der Waals surface area contributed by atoms with Crippen LogP contribution >= 0.6 is 0 Å². The molecule has 6 nitrogen and oxygen atoms in total. The van der Waals surface area contributed by atoms with Crippen molar-refractivity contribution in [2.75, 3.05) is 33.2 Å². The van der Waals surface area contributed by atoms with Gasteiger partial charge in [-0.1, -0.05) is 136 Å². The number of esters is 1. The molecule has 7 atom stereocenters. The number of ether oxygens (including phenoxy) is 1. The van der Waals surface area contributed by atoms with Gasteiger partial charge in [-0.3, -0.25) is 14.4 Å². The number of quaternary nitrogens is 1. The summed E-state index contributed by atoms with van der Waals surface area (Å²) in [4.78, 5) is 38.5. The van der Waals surface area contributed by atoms with E-state index >= 15 is 0 Å². The minimum absolute atomic E-state index is 0.0242. The van der Waals surface area contributed by atoms with Crippen molar-refractivity contribution in [1.29, 1.82) is 0 Å². The number of likely N-dealkylation sites (N-methyl/N-ethyl adjacent to an activating group) is 1. The average molecular weight is 810 g/mol. The maximum Gasteiger partial charge on any atom is 0.306 e. The number of hydrogen-bond acceptors (Lipinski definition) is 4. The molecule has 0 heterocycles. The average Bonchev–Trinajstić information content (AvgIpc) is 3.56. The van der Waals surface area contributed by atoms with Crippen molar-refractivity contribution in [3.63, 3.8) is 0 Å². The lowest BCUT2D eigenvalue weighted by Crippen LogP contribution is -2.51. The number of nitrogens with zero attached hydrogens (tertiary/aromatic N) is 1. The molecule has 0 bridgehead atoms. The Morgan fingerprint density at radius 1 is 0.707 bits per heavy atom. The Labute approximate surface area is 358 Å². The van der Waals surface area contributed by atoms with Crippen molar-refractivity contribution in [3.8, 4) is 0 Å². The smallest absolute Gasteiger partial charge is 0.306 e. The van der Waals surface area contributed by atoms with Gasteiger partial charge in [-0.15, -0.1) is 0 Å². The summed E-state index contributed by atoms with van der Waals surface area (Å²) in [6, 6.07) is 0. The normalized spacial score (nSPS) is 27.3. The van der Waals surface area contributed by atoms with Gasteiger partial charge in [0.1, 0.15) is 6.10 Å². The number of ketones is 1. The SMILES string of the molecule is CCCCCCCCCCCC[N+](C)(CCCCCCCCCCCC)CCNC(=O)CCC(=O)OC(C)[C@H]1CCC2C3CCC4=CC(=O)CC[C@]4(C)C3CC[C@@]21C. The van der Waals surface area contributed by atoms with Gasteiger partial charge in [0.2, 0.25) is 5.91 Å². The highest BCUT2D eigenvalue weighted by molar-refractivity contribution is 5.91. The first-order valence-electron chi connectivity index (χ1n) is 25.5. The first-order valence-corrected chi connectivity index (χ1v) is 25.5. The van der Waals surface area contributed by atoms with Crippen LogP contribution < -0.4 is 5.32 Å². The summed E-state index contributed by atoms with van der Waals surface area (Å²) in [5.41, 5.74) is 1.80. The number of amides is 1. The van der Waals surface area contributed by atoms with Gasteiger partial charge in [0.15, 0.2) is 5.78 Å². The zero-order valence-corrected chi connectivity index (χ0v) is 39.1. The molecule has 0 aromatic carbocycles. The summed E-state index contributed by atoms with van der Waals surface area (Å²) in [6.45, 7) is 15.6. The minimum Gasteiger partial charge on any atom is -0.462 e. The summed E-state index contributed by atoms with van der Waals surface area (Å²) in [7, 11) is 2.41. The van der Waals surface area contributed by atoms with Crippen LogP contribution in [0, 0.1) is 34.5 Å². The Balaban J connectivity index is 1.15. The monoisotopic (exact) mass is 810 g/mol. The van der Waals surface area contributed by atoms with Gasteiger partial charge < -0.3 is 14.5 Å². The summed E-state index contributed by atoms with van der Waals surface area (Å²) in [5, 5.41) is 3.19. The second-order valence-corrected chi connectivity index (χ2v) is 20.9. The zero-order valence-electron chi connectivity index (χ0n) is 39.1. The minimum atomic E-state index is -0.224. The fourth-order valence-corrected chi connectivity index (χ4v) is 12.8. The molecule has 0 radical (unpaired) electrons. The molecule has 0 spiro atoms. The van der Waals surface area contributed by atoms with Gasteiger partial charge >= 0.3 is 5.97 Å². The van der Waals surface area contributed by atoms with Crippen LogP contribution in [0.25, 0.3) is 0 Å². The van der Waals surface area contributed by atoms with Crippen LogP contribution in [0.15, 0.2) is 11.6 Å². The third-order valence-electron chi connectivity index (χ3n) is 16.6. The van der Waals surface area contributed by atoms with Gasteiger partial charge in [0, 0.05) is 18.8 Å². The van der Waals surface area contributed by atoms with Crippen LogP contribution in [0.3, 0.4) is 0 Å². The van der Waals surface area contributed by atoms with E-state index in [1.807, 2.05) is 6.08 Å². The standard InChI is InChI=1S/C52H92N2O4/c1-7-9-11-13-15-17-19-21-23-25-38-54(6,39-26-24-22-20-18-16-14-12-10-8-2)40-37-53-49(56)31-32-50(57)58-42(3)46-29-30-47-45-28-27-43-41-44(55)33-35-51(43,4)48(45)34-36-52(46,47)5/h41-42,45-48H,7-40H2,1-6H3/p+1/t42?,45?,46-,47?,48?,51+,52-/m1/s1. The van der Waals surface area contributed by atoms with E-state index in [0.717, 1.165) is 30.3 Å². The van der Waals surface area contributed by atoms with Crippen molar-refractivity contribution in [2.45, 2.75) is 233 Å². The molecule has 0 aromatic rings. The van der Waals surface area contributed by atoms with E-state index in [1.54, 1.807) is 0 Å². The molecule has 1 amide bonds. The molecular formula is C52H93N2O4+. The number of unbranched alkanes of at least 4 members (excludes halogenated alkanes) is 18. The number of allylic oxidation sites excluding steroid dienone is 1. The molecule has 6 heteroatoms. The fourth-order valence-electron chi connectivity index (χ4n) is 12.8. The fraction of sp³-hybridized carbons (Fsp3) is 0.904. The maximum atomic E-state index is 13.2. The lowest BCUT2D eigenvalue weighted by molar-refractivity contribution is -0.908.